The Morgan fingerprint density at radius 3 is 2.33 bits per heavy atom. The first kappa shape index (κ1) is 15.6. The number of ether oxygens (including phenoxy) is 1. The van der Waals surface area contributed by atoms with Crippen LogP contribution in [0, 0.1) is 0 Å². The molecule has 2 aliphatic rings. The molecule has 2 heterocycles. The monoisotopic (exact) mass is 327 g/mol. The van der Waals surface area contributed by atoms with Crippen molar-refractivity contribution in [2.45, 2.75) is 50.5 Å². The number of benzene rings is 1. The maximum absolute atomic E-state index is 5.27. The number of methoxy groups -OCH3 is 1. The van der Waals surface area contributed by atoms with E-state index in [0.29, 0.717) is 0 Å². The van der Waals surface area contributed by atoms with E-state index in [1.165, 1.54) is 32.1 Å². The second-order valence-electron chi connectivity index (χ2n) is 6.90. The Balaban J connectivity index is 1.75. The fraction of sp³-hybridized carbons (Fsp3) is 0.611. The Morgan fingerprint density at radius 2 is 1.67 bits per heavy atom. The van der Waals surface area contributed by atoms with Crippen molar-refractivity contribution in [1.29, 1.82) is 0 Å². The molecule has 2 aromatic rings. The molecule has 0 spiro atoms. The van der Waals surface area contributed by atoms with Crippen molar-refractivity contribution >= 4 is 0 Å². The summed E-state index contributed by atoms with van der Waals surface area (Å²) in [6, 6.07) is 7.98. The summed E-state index contributed by atoms with van der Waals surface area (Å²) in [5.41, 5.74) is 0.998. The summed E-state index contributed by atoms with van der Waals surface area (Å²) in [5, 5.41) is 12.9. The lowest BCUT2D eigenvalue weighted by Gasteiger charge is -2.43. The zero-order valence-electron chi connectivity index (χ0n) is 14.3. The molecule has 4 rings (SSSR count). The molecule has 128 valence electrons. The van der Waals surface area contributed by atoms with Gasteiger partial charge in [-0.15, -0.1) is 5.10 Å². The zero-order chi connectivity index (χ0) is 16.4. The maximum Gasteiger partial charge on any atom is 0.176 e. The molecule has 6 nitrogen and oxygen atoms in total. The van der Waals surface area contributed by atoms with Gasteiger partial charge in [0.2, 0.25) is 0 Å². The molecule has 2 fully saturated rings. The molecule has 1 aromatic heterocycles. The first-order valence-corrected chi connectivity index (χ1v) is 9.02. The predicted molar refractivity (Wildman–Crippen MR) is 91.3 cm³/mol. The van der Waals surface area contributed by atoms with E-state index < -0.39 is 0 Å². The van der Waals surface area contributed by atoms with Crippen molar-refractivity contribution in [1.82, 2.24) is 25.1 Å². The molecule has 6 heteroatoms. The van der Waals surface area contributed by atoms with Crippen molar-refractivity contribution in [3.63, 3.8) is 0 Å². The smallest absolute Gasteiger partial charge is 0.176 e. The highest BCUT2D eigenvalue weighted by Gasteiger charge is 2.44. The summed E-state index contributed by atoms with van der Waals surface area (Å²) < 4.78 is 7.20. The van der Waals surface area contributed by atoms with Crippen LogP contribution in [0.4, 0.5) is 0 Å². The van der Waals surface area contributed by atoms with Gasteiger partial charge in [0.05, 0.1) is 18.3 Å². The van der Waals surface area contributed by atoms with Crippen LogP contribution in [-0.2, 0) is 5.54 Å². The molecule has 0 atom stereocenters. The number of hydrogen-bond acceptors (Lipinski definition) is 5. The number of likely N-dealkylation sites (tertiary alicyclic amines) is 1. The number of aromatic nitrogens is 4. The molecule has 0 unspecified atom stereocenters. The normalized spacial score (nSPS) is 21.0. The van der Waals surface area contributed by atoms with Gasteiger partial charge in [0, 0.05) is 0 Å². The number of tetrazole rings is 1. The van der Waals surface area contributed by atoms with Crippen LogP contribution in [0.25, 0.3) is 5.69 Å². The summed E-state index contributed by atoms with van der Waals surface area (Å²) >= 11 is 0. The average Bonchev–Trinajstić information content (AvgIpc) is 3.34. The first-order chi connectivity index (χ1) is 11.8. The predicted octanol–water partition coefficient (Wildman–Crippen LogP) is 2.93. The molecule has 1 aromatic carbocycles. The number of nitrogens with zero attached hydrogens (tertiary/aromatic N) is 5. The third kappa shape index (κ3) is 2.59. The van der Waals surface area contributed by atoms with Gasteiger partial charge < -0.3 is 4.74 Å². The Bertz CT molecular complexity index is 669. The molecule has 1 saturated carbocycles. The second kappa shape index (κ2) is 6.51. The largest absolute Gasteiger partial charge is 0.497 e. The van der Waals surface area contributed by atoms with E-state index in [4.69, 9.17) is 4.74 Å². The highest BCUT2D eigenvalue weighted by molar-refractivity contribution is 5.37. The van der Waals surface area contributed by atoms with Gasteiger partial charge in [-0.25, -0.2) is 0 Å². The average molecular weight is 327 g/mol. The van der Waals surface area contributed by atoms with E-state index in [1.54, 1.807) is 7.11 Å². The van der Waals surface area contributed by atoms with Crippen molar-refractivity contribution in [2.24, 2.45) is 0 Å². The van der Waals surface area contributed by atoms with E-state index in [2.05, 4.69) is 20.4 Å². The minimum atomic E-state index is -0.00181. The van der Waals surface area contributed by atoms with Crippen molar-refractivity contribution < 1.29 is 4.74 Å². The van der Waals surface area contributed by atoms with Crippen LogP contribution in [0.2, 0.25) is 0 Å². The summed E-state index contributed by atoms with van der Waals surface area (Å²) in [6.45, 7) is 2.32. The summed E-state index contributed by atoms with van der Waals surface area (Å²) in [5.74, 6) is 1.86. The van der Waals surface area contributed by atoms with Gasteiger partial charge in [-0.05, 0) is 73.5 Å². The maximum atomic E-state index is 5.27. The van der Waals surface area contributed by atoms with E-state index >= 15 is 0 Å². The van der Waals surface area contributed by atoms with Crippen LogP contribution >= 0.6 is 0 Å². The molecule has 0 radical (unpaired) electrons. The van der Waals surface area contributed by atoms with Crippen molar-refractivity contribution in [2.75, 3.05) is 20.2 Å². The van der Waals surface area contributed by atoms with Gasteiger partial charge in [-0.1, -0.05) is 19.3 Å². The minimum absolute atomic E-state index is 0.00181. The number of hydrogen-bond donors (Lipinski definition) is 0. The highest BCUT2D eigenvalue weighted by Crippen LogP contribution is 2.43. The van der Waals surface area contributed by atoms with Crippen LogP contribution in [0.15, 0.2) is 24.3 Å². The molecule has 1 saturated heterocycles. The Kier molecular flexibility index (Phi) is 4.22. The molecule has 0 amide bonds. The molecule has 1 aliphatic carbocycles. The van der Waals surface area contributed by atoms with Gasteiger partial charge in [-0.3, -0.25) is 4.90 Å². The highest BCUT2D eigenvalue weighted by atomic mass is 16.5. The fourth-order valence-corrected chi connectivity index (χ4v) is 4.34. The third-order valence-corrected chi connectivity index (χ3v) is 5.59. The van der Waals surface area contributed by atoms with Gasteiger partial charge in [0.25, 0.3) is 0 Å². The Hall–Kier alpha value is -1.95. The first-order valence-electron chi connectivity index (χ1n) is 9.02. The van der Waals surface area contributed by atoms with Gasteiger partial charge in [-0.2, -0.15) is 4.68 Å². The van der Waals surface area contributed by atoms with Crippen LogP contribution < -0.4 is 4.74 Å². The van der Waals surface area contributed by atoms with E-state index in [-0.39, 0.29) is 5.54 Å². The second-order valence-corrected chi connectivity index (χ2v) is 6.90. The number of rotatable bonds is 4. The van der Waals surface area contributed by atoms with Crippen molar-refractivity contribution in [3.05, 3.63) is 30.1 Å². The van der Waals surface area contributed by atoms with Gasteiger partial charge in [0.15, 0.2) is 5.82 Å². The SMILES string of the molecule is COc1ccc(-n2nnnc2C2(N3CCCC3)CCCCC2)cc1. The lowest BCUT2D eigenvalue weighted by atomic mass is 9.79. The molecule has 0 bridgehead atoms. The van der Waals surface area contributed by atoms with Gasteiger partial charge in [0.1, 0.15) is 5.75 Å². The topological polar surface area (TPSA) is 56.1 Å². The van der Waals surface area contributed by atoms with Gasteiger partial charge >= 0.3 is 0 Å². The fourth-order valence-electron chi connectivity index (χ4n) is 4.34. The summed E-state index contributed by atoms with van der Waals surface area (Å²) in [7, 11) is 1.68. The lowest BCUT2D eigenvalue weighted by Crippen LogP contribution is -2.47. The van der Waals surface area contributed by atoms with Crippen LogP contribution in [0.5, 0.6) is 5.75 Å². The summed E-state index contributed by atoms with van der Waals surface area (Å²) in [6.07, 6.45) is 8.71. The third-order valence-electron chi connectivity index (χ3n) is 5.59. The minimum Gasteiger partial charge on any atom is -0.497 e. The zero-order valence-corrected chi connectivity index (χ0v) is 14.3. The molecule has 24 heavy (non-hydrogen) atoms. The lowest BCUT2D eigenvalue weighted by molar-refractivity contribution is 0.0595. The quantitative estimate of drug-likeness (QED) is 0.864. The Morgan fingerprint density at radius 1 is 0.958 bits per heavy atom. The molecular weight excluding hydrogens is 302 g/mol. The summed E-state index contributed by atoms with van der Waals surface area (Å²) in [4.78, 5) is 2.64. The molecular formula is C18H25N5O. The standard InChI is InChI=1S/C18H25N5O/c1-24-16-9-7-15(8-10-16)23-17(19-20-21-23)18(11-3-2-4-12-18)22-13-5-6-14-22/h7-10H,2-6,11-14H2,1H3. The van der Waals surface area contributed by atoms with E-state index in [0.717, 1.165) is 43.2 Å². The van der Waals surface area contributed by atoms with Crippen molar-refractivity contribution in [3.8, 4) is 11.4 Å². The van der Waals surface area contributed by atoms with Crippen LogP contribution in [-0.4, -0.2) is 45.3 Å². The Labute approximate surface area is 142 Å². The van der Waals surface area contributed by atoms with E-state index in [1.807, 2.05) is 28.9 Å². The van der Waals surface area contributed by atoms with Crippen LogP contribution in [0.3, 0.4) is 0 Å². The van der Waals surface area contributed by atoms with Crippen LogP contribution in [0.1, 0.15) is 50.8 Å². The molecule has 1 aliphatic heterocycles. The molecule has 0 N–H and O–H groups in total. The van der Waals surface area contributed by atoms with E-state index in [9.17, 15) is 0 Å².